The molecule has 0 saturated carbocycles. The zero-order valence-electron chi connectivity index (χ0n) is 12.2. The van der Waals surface area contributed by atoms with Gasteiger partial charge in [-0.25, -0.2) is 0 Å². The Morgan fingerprint density at radius 1 is 1.05 bits per heavy atom. The van der Waals surface area contributed by atoms with E-state index in [1.54, 1.807) is 0 Å². The Morgan fingerprint density at radius 3 is 2.37 bits per heavy atom. The van der Waals surface area contributed by atoms with Gasteiger partial charge in [0, 0.05) is 0 Å². The Kier molecular flexibility index (Phi) is 7.95. The summed E-state index contributed by atoms with van der Waals surface area (Å²) in [5.74, 6) is -0.193. The summed E-state index contributed by atoms with van der Waals surface area (Å²) in [5, 5.41) is 0. The number of carbonyl (C=O) groups excluding carboxylic acids is 1. The van der Waals surface area contributed by atoms with Crippen molar-refractivity contribution in [3.63, 3.8) is 0 Å². The molecule has 0 saturated heterocycles. The van der Waals surface area contributed by atoms with E-state index >= 15 is 0 Å². The van der Waals surface area contributed by atoms with Gasteiger partial charge in [0.25, 0.3) is 0 Å². The van der Waals surface area contributed by atoms with Crippen molar-refractivity contribution in [1.82, 2.24) is 0 Å². The summed E-state index contributed by atoms with van der Waals surface area (Å²) in [6, 6.07) is 9.90. The summed E-state index contributed by atoms with van der Waals surface area (Å²) in [6.45, 7) is 4.79. The predicted molar refractivity (Wildman–Crippen MR) is 79.2 cm³/mol. The van der Waals surface area contributed by atoms with Crippen molar-refractivity contribution < 1.29 is 9.53 Å². The summed E-state index contributed by atoms with van der Waals surface area (Å²) in [4.78, 5) is 12.0. The highest BCUT2D eigenvalue weighted by molar-refractivity contribution is 5.78. The number of rotatable bonds is 9. The van der Waals surface area contributed by atoms with E-state index in [0.717, 1.165) is 24.8 Å². The van der Waals surface area contributed by atoms with Crippen molar-refractivity contribution in [2.75, 3.05) is 6.61 Å². The minimum absolute atomic E-state index is 0.0795. The Morgan fingerprint density at radius 2 is 1.74 bits per heavy atom. The molecule has 106 valence electrons. The van der Waals surface area contributed by atoms with Crippen LogP contribution in [0.5, 0.6) is 0 Å². The average molecular weight is 262 g/mol. The van der Waals surface area contributed by atoms with E-state index in [1.807, 2.05) is 37.3 Å². The van der Waals surface area contributed by atoms with Gasteiger partial charge in [0.05, 0.1) is 12.5 Å². The van der Waals surface area contributed by atoms with Gasteiger partial charge in [-0.05, 0) is 18.4 Å². The molecule has 0 N–H and O–H groups in total. The number of hydrogen-bond donors (Lipinski definition) is 0. The number of hydrogen-bond acceptors (Lipinski definition) is 2. The van der Waals surface area contributed by atoms with E-state index < -0.39 is 0 Å². The first kappa shape index (κ1) is 15.7. The first-order valence-corrected chi connectivity index (χ1v) is 7.51. The monoisotopic (exact) mass is 262 g/mol. The molecule has 1 rings (SSSR count). The maximum atomic E-state index is 12.0. The minimum Gasteiger partial charge on any atom is -0.465 e. The minimum atomic E-state index is -0.114. The Labute approximate surface area is 117 Å². The fourth-order valence-electron chi connectivity index (χ4n) is 2.20. The van der Waals surface area contributed by atoms with Gasteiger partial charge < -0.3 is 4.74 Å². The summed E-state index contributed by atoms with van der Waals surface area (Å²) in [6.07, 6.45) is 6.68. The lowest BCUT2D eigenvalue weighted by molar-refractivity contribution is -0.145. The largest absolute Gasteiger partial charge is 0.465 e. The van der Waals surface area contributed by atoms with E-state index in [-0.39, 0.29) is 11.9 Å². The average Bonchev–Trinajstić information content (AvgIpc) is 2.45. The molecule has 1 atom stereocenters. The van der Waals surface area contributed by atoms with Crippen molar-refractivity contribution in [2.45, 2.75) is 58.3 Å². The smallest absolute Gasteiger partial charge is 0.313 e. The van der Waals surface area contributed by atoms with Gasteiger partial charge in [-0.1, -0.05) is 69.9 Å². The van der Waals surface area contributed by atoms with Crippen LogP contribution in [-0.4, -0.2) is 12.6 Å². The Hall–Kier alpha value is -1.31. The Balaban J connectivity index is 2.31. The first-order chi connectivity index (χ1) is 9.29. The molecule has 0 fully saturated rings. The van der Waals surface area contributed by atoms with Gasteiger partial charge in [0.1, 0.15) is 0 Å². The molecule has 0 aromatic heterocycles. The molecule has 1 aromatic rings. The molecule has 0 heterocycles. The SMILES string of the molecule is CCCCCCCOC(=O)C(CC)c1ccccc1. The van der Waals surface area contributed by atoms with Crippen molar-refractivity contribution >= 4 is 5.97 Å². The van der Waals surface area contributed by atoms with Crippen LogP contribution < -0.4 is 0 Å². The van der Waals surface area contributed by atoms with Crippen LogP contribution in [0.25, 0.3) is 0 Å². The first-order valence-electron chi connectivity index (χ1n) is 7.51. The highest BCUT2D eigenvalue weighted by Crippen LogP contribution is 2.20. The van der Waals surface area contributed by atoms with Gasteiger partial charge in [-0.2, -0.15) is 0 Å². The molecular weight excluding hydrogens is 236 g/mol. The van der Waals surface area contributed by atoms with Gasteiger partial charge in [0.2, 0.25) is 0 Å². The zero-order chi connectivity index (χ0) is 13.9. The van der Waals surface area contributed by atoms with Crippen LogP contribution >= 0.6 is 0 Å². The van der Waals surface area contributed by atoms with Crippen LogP contribution in [0, 0.1) is 0 Å². The number of ether oxygens (including phenoxy) is 1. The fraction of sp³-hybridized carbons (Fsp3) is 0.588. The zero-order valence-corrected chi connectivity index (χ0v) is 12.2. The van der Waals surface area contributed by atoms with Crippen molar-refractivity contribution in [3.05, 3.63) is 35.9 Å². The maximum absolute atomic E-state index is 12.0. The molecule has 0 aliphatic carbocycles. The number of esters is 1. The normalized spacial score (nSPS) is 12.1. The third kappa shape index (κ3) is 5.91. The van der Waals surface area contributed by atoms with Gasteiger partial charge in [-0.3, -0.25) is 4.79 Å². The fourth-order valence-corrected chi connectivity index (χ4v) is 2.20. The van der Waals surface area contributed by atoms with E-state index in [1.165, 1.54) is 19.3 Å². The molecule has 0 radical (unpaired) electrons. The second kappa shape index (κ2) is 9.60. The summed E-state index contributed by atoms with van der Waals surface area (Å²) >= 11 is 0. The Bertz CT molecular complexity index is 346. The molecule has 19 heavy (non-hydrogen) atoms. The molecule has 2 heteroatoms. The lowest BCUT2D eigenvalue weighted by Gasteiger charge is -2.14. The van der Waals surface area contributed by atoms with Crippen LogP contribution in [0.3, 0.4) is 0 Å². The second-order valence-corrected chi connectivity index (χ2v) is 4.95. The summed E-state index contributed by atoms with van der Waals surface area (Å²) < 4.78 is 5.39. The van der Waals surface area contributed by atoms with Crippen molar-refractivity contribution in [2.24, 2.45) is 0 Å². The molecule has 0 bridgehead atoms. The highest BCUT2D eigenvalue weighted by Gasteiger charge is 2.19. The highest BCUT2D eigenvalue weighted by atomic mass is 16.5. The quantitative estimate of drug-likeness (QED) is 0.476. The summed E-state index contributed by atoms with van der Waals surface area (Å²) in [7, 11) is 0. The predicted octanol–water partition coefficient (Wildman–Crippen LogP) is 4.69. The molecule has 0 amide bonds. The van der Waals surface area contributed by atoms with Crippen LogP contribution in [0.2, 0.25) is 0 Å². The van der Waals surface area contributed by atoms with Crippen LogP contribution in [-0.2, 0) is 9.53 Å². The third-order valence-electron chi connectivity index (χ3n) is 3.39. The maximum Gasteiger partial charge on any atom is 0.313 e. The van der Waals surface area contributed by atoms with Gasteiger partial charge >= 0.3 is 5.97 Å². The van der Waals surface area contributed by atoms with Crippen molar-refractivity contribution in [3.8, 4) is 0 Å². The van der Waals surface area contributed by atoms with Crippen LogP contribution in [0.15, 0.2) is 30.3 Å². The molecule has 1 unspecified atom stereocenters. The molecular formula is C17H26O2. The van der Waals surface area contributed by atoms with E-state index in [0.29, 0.717) is 6.61 Å². The lowest BCUT2D eigenvalue weighted by Crippen LogP contribution is -2.16. The lowest BCUT2D eigenvalue weighted by atomic mass is 9.97. The van der Waals surface area contributed by atoms with E-state index in [4.69, 9.17) is 4.74 Å². The summed E-state index contributed by atoms with van der Waals surface area (Å²) in [5.41, 5.74) is 1.06. The van der Waals surface area contributed by atoms with Crippen LogP contribution in [0.1, 0.15) is 63.9 Å². The van der Waals surface area contributed by atoms with Crippen LogP contribution in [0.4, 0.5) is 0 Å². The second-order valence-electron chi connectivity index (χ2n) is 4.95. The molecule has 0 aliphatic heterocycles. The number of carbonyl (C=O) groups is 1. The van der Waals surface area contributed by atoms with E-state index in [9.17, 15) is 4.79 Å². The topological polar surface area (TPSA) is 26.3 Å². The van der Waals surface area contributed by atoms with Gasteiger partial charge in [-0.15, -0.1) is 0 Å². The van der Waals surface area contributed by atoms with E-state index in [2.05, 4.69) is 6.92 Å². The van der Waals surface area contributed by atoms with Gasteiger partial charge in [0.15, 0.2) is 0 Å². The molecule has 2 nitrogen and oxygen atoms in total. The number of benzene rings is 1. The third-order valence-corrected chi connectivity index (χ3v) is 3.39. The standard InChI is InChI=1S/C17H26O2/c1-3-5-6-7-11-14-19-17(18)16(4-2)15-12-9-8-10-13-15/h8-10,12-13,16H,3-7,11,14H2,1-2H3. The number of unbranched alkanes of at least 4 members (excludes halogenated alkanes) is 4. The molecule has 0 aliphatic rings. The van der Waals surface area contributed by atoms with Crippen molar-refractivity contribution in [1.29, 1.82) is 0 Å². The molecule has 1 aromatic carbocycles. The molecule has 0 spiro atoms.